The van der Waals surface area contributed by atoms with Crippen LogP contribution in [0.2, 0.25) is 0 Å². The molecule has 0 heteroatoms. The molecular weight excluding hydrogens is 252 g/mol. The van der Waals surface area contributed by atoms with E-state index in [1.165, 1.54) is 55.7 Å². The molecule has 0 aromatic heterocycles. The van der Waals surface area contributed by atoms with Crippen molar-refractivity contribution < 1.29 is 0 Å². The zero-order valence-electron chi connectivity index (χ0n) is 12.6. The van der Waals surface area contributed by atoms with Gasteiger partial charge in [-0.05, 0) is 89.8 Å². The maximum Gasteiger partial charge on any atom is -0.00132 e. The predicted molar refractivity (Wildman–Crippen MR) is 89.4 cm³/mol. The van der Waals surface area contributed by atoms with Gasteiger partial charge in [-0.2, -0.15) is 0 Å². The van der Waals surface area contributed by atoms with Crippen LogP contribution >= 0.6 is 0 Å². The topological polar surface area (TPSA) is 0 Å². The molecule has 2 aromatic rings. The minimum absolute atomic E-state index is 1.11. The van der Waals surface area contributed by atoms with Crippen molar-refractivity contribution in [1.29, 1.82) is 0 Å². The Morgan fingerprint density at radius 2 is 1.05 bits per heavy atom. The summed E-state index contributed by atoms with van der Waals surface area (Å²) >= 11 is 0. The molecule has 21 heavy (non-hydrogen) atoms. The second-order valence-electron chi connectivity index (χ2n) is 6.93. The van der Waals surface area contributed by atoms with Crippen LogP contribution in [-0.2, 0) is 19.3 Å². The maximum absolute atomic E-state index is 2.45. The smallest absolute Gasteiger partial charge is 0.00132 e. The lowest BCUT2D eigenvalue weighted by atomic mass is 9.97. The second kappa shape index (κ2) is 3.76. The standard InChI is InChI=1S/C21H18/c1-12-3-14-7-18-9-19-8-15-4-13(2)6-17(15)11-21(19)20(18)10-16(14)5-12/h5-8,10-11H,3-4,9H2,1-2H3. The van der Waals surface area contributed by atoms with Gasteiger partial charge in [-0.3, -0.25) is 0 Å². The van der Waals surface area contributed by atoms with E-state index >= 15 is 0 Å². The molecule has 2 aromatic carbocycles. The molecule has 0 bridgehead atoms. The Morgan fingerprint density at radius 3 is 1.52 bits per heavy atom. The Labute approximate surface area is 125 Å². The molecular formula is C21H18. The van der Waals surface area contributed by atoms with Crippen LogP contribution in [0.15, 0.2) is 35.4 Å². The van der Waals surface area contributed by atoms with Crippen LogP contribution < -0.4 is 0 Å². The van der Waals surface area contributed by atoms with Crippen molar-refractivity contribution in [1.82, 2.24) is 0 Å². The average Bonchev–Trinajstić information content (AvgIpc) is 3.05. The van der Waals surface area contributed by atoms with E-state index < -0.39 is 0 Å². The third-order valence-corrected chi connectivity index (χ3v) is 5.14. The third-order valence-electron chi connectivity index (χ3n) is 5.14. The molecule has 0 nitrogen and oxygen atoms in total. The molecule has 0 saturated carbocycles. The highest BCUT2D eigenvalue weighted by Crippen LogP contribution is 2.43. The quantitative estimate of drug-likeness (QED) is 0.528. The first-order valence-electron chi connectivity index (χ1n) is 7.84. The van der Waals surface area contributed by atoms with E-state index in [9.17, 15) is 0 Å². The van der Waals surface area contributed by atoms with Crippen LogP contribution in [0.5, 0.6) is 0 Å². The molecule has 5 rings (SSSR count). The van der Waals surface area contributed by atoms with Crippen molar-refractivity contribution in [3.63, 3.8) is 0 Å². The Hall–Kier alpha value is -2.08. The van der Waals surface area contributed by atoms with Gasteiger partial charge in [0.05, 0.1) is 0 Å². The summed E-state index contributed by atoms with van der Waals surface area (Å²) in [4.78, 5) is 0. The highest BCUT2D eigenvalue weighted by Gasteiger charge is 2.24. The highest BCUT2D eigenvalue weighted by atomic mass is 14.3. The van der Waals surface area contributed by atoms with Gasteiger partial charge in [0, 0.05) is 0 Å². The van der Waals surface area contributed by atoms with Crippen LogP contribution in [-0.4, -0.2) is 0 Å². The number of allylic oxidation sites excluding steroid dienone is 2. The Balaban J connectivity index is 1.72. The van der Waals surface area contributed by atoms with Gasteiger partial charge >= 0.3 is 0 Å². The van der Waals surface area contributed by atoms with Gasteiger partial charge < -0.3 is 0 Å². The molecule has 0 spiro atoms. The van der Waals surface area contributed by atoms with Crippen LogP contribution in [0.4, 0.5) is 0 Å². The Morgan fingerprint density at radius 1 is 0.571 bits per heavy atom. The minimum atomic E-state index is 1.11. The maximum atomic E-state index is 2.45. The number of fused-ring (bicyclic) bond motifs is 5. The van der Waals surface area contributed by atoms with E-state index in [1.54, 1.807) is 0 Å². The van der Waals surface area contributed by atoms with Gasteiger partial charge in [0.1, 0.15) is 0 Å². The monoisotopic (exact) mass is 270 g/mol. The first-order valence-corrected chi connectivity index (χ1v) is 7.84. The van der Waals surface area contributed by atoms with E-state index in [4.69, 9.17) is 0 Å². The van der Waals surface area contributed by atoms with Crippen LogP contribution in [0.25, 0.3) is 23.3 Å². The summed E-state index contributed by atoms with van der Waals surface area (Å²) in [5.74, 6) is 0. The summed E-state index contributed by atoms with van der Waals surface area (Å²) < 4.78 is 0. The minimum Gasteiger partial charge on any atom is -0.0683 e. The van der Waals surface area contributed by atoms with Gasteiger partial charge in [-0.15, -0.1) is 0 Å². The predicted octanol–water partition coefficient (Wildman–Crippen LogP) is 5.18. The molecule has 0 amide bonds. The Kier molecular flexibility index (Phi) is 2.07. The third kappa shape index (κ3) is 1.56. The molecule has 102 valence electrons. The number of rotatable bonds is 0. The van der Waals surface area contributed by atoms with Crippen molar-refractivity contribution in [2.75, 3.05) is 0 Å². The molecule has 3 aliphatic carbocycles. The summed E-state index contributed by atoms with van der Waals surface area (Å²) in [5.41, 5.74) is 14.9. The van der Waals surface area contributed by atoms with Gasteiger partial charge in [-0.25, -0.2) is 0 Å². The Bertz CT molecular complexity index is 802. The fraction of sp³-hybridized carbons (Fsp3) is 0.238. The van der Waals surface area contributed by atoms with Crippen molar-refractivity contribution in [3.8, 4) is 11.1 Å². The largest absolute Gasteiger partial charge is 0.0683 e. The van der Waals surface area contributed by atoms with E-state index in [-0.39, 0.29) is 0 Å². The lowest BCUT2D eigenvalue weighted by molar-refractivity contribution is 1.16. The van der Waals surface area contributed by atoms with Gasteiger partial charge in [-0.1, -0.05) is 35.4 Å². The molecule has 0 unspecified atom stereocenters. The highest BCUT2D eigenvalue weighted by molar-refractivity contribution is 5.84. The summed E-state index contributed by atoms with van der Waals surface area (Å²) in [6, 6.07) is 9.74. The van der Waals surface area contributed by atoms with Gasteiger partial charge in [0.25, 0.3) is 0 Å². The lowest BCUT2D eigenvalue weighted by Gasteiger charge is -2.07. The second-order valence-corrected chi connectivity index (χ2v) is 6.93. The first kappa shape index (κ1) is 11.6. The molecule has 3 aliphatic rings. The summed E-state index contributed by atoms with van der Waals surface area (Å²) in [7, 11) is 0. The molecule has 0 saturated heterocycles. The molecule has 0 fully saturated rings. The van der Waals surface area contributed by atoms with Crippen molar-refractivity contribution in [2.24, 2.45) is 0 Å². The SMILES string of the molecule is CC1=Cc2cc3c(cc2C1)Cc1cc2c(cc1-3)C=C(C)C2. The summed E-state index contributed by atoms with van der Waals surface area (Å²) in [6.45, 7) is 4.47. The van der Waals surface area contributed by atoms with E-state index in [1.807, 2.05) is 0 Å². The van der Waals surface area contributed by atoms with Crippen molar-refractivity contribution in [2.45, 2.75) is 33.1 Å². The molecule has 0 atom stereocenters. The molecule has 0 radical (unpaired) electrons. The van der Waals surface area contributed by atoms with Gasteiger partial charge in [0.15, 0.2) is 0 Å². The van der Waals surface area contributed by atoms with Crippen molar-refractivity contribution >= 4 is 12.2 Å². The first-order chi connectivity index (χ1) is 10.2. The summed E-state index contributed by atoms with van der Waals surface area (Å²) in [5, 5.41) is 0. The number of hydrogen-bond donors (Lipinski definition) is 0. The number of hydrogen-bond acceptors (Lipinski definition) is 0. The zero-order valence-corrected chi connectivity index (χ0v) is 12.6. The molecule has 0 N–H and O–H groups in total. The number of benzene rings is 2. The fourth-order valence-corrected chi connectivity index (χ4v) is 4.23. The fourth-order valence-electron chi connectivity index (χ4n) is 4.23. The zero-order chi connectivity index (χ0) is 14.1. The summed E-state index contributed by atoms with van der Waals surface area (Å²) in [6.07, 6.45) is 8.09. The lowest BCUT2D eigenvalue weighted by Crippen LogP contribution is -1.88. The van der Waals surface area contributed by atoms with Crippen LogP contribution in [0, 0.1) is 0 Å². The van der Waals surface area contributed by atoms with E-state index in [0.29, 0.717) is 0 Å². The van der Waals surface area contributed by atoms with E-state index in [2.05, 4.69) is 50.3 Å². The van der Waals surface area contributed by atoms with Crippen LogP contribution in [0.1, 0.15) is 47.2 Å². The van der Waals surface area contributed by atoms with Crippen LogP contribution in [0.3, 0.4) is 0 Å². The molecule has 0 aliphatic heterocycles. The normalized spacial score (nSPS) is 17.0. The average molecular weight is 270 g/mol. The molecule has 0 heterocycles. The van der Waals surface area contributed by atoms with E-state index in [0.717, 1.165) is 19.3 Å². The van der Waals surface area contributed by atoms with Gasteiger partial charge in [0.2, 0.25) is 0 Å². The van der Waals surface area contributed by atoms with Crippen molar-refractivity contribution in [3.05, 3.63) is 68.8 Å².